The van der Waals surface area contributed by atoms with Gasteiger partial charge < -0.3 is 19.9 Å². The Morgan fingerprint density at radius 3 is 2.75 bits per heavy atom. The molecule has 5 nitrogen and oxygen atoms in total. The second-order valence-corrected chi connectivity index (χ2v) is 5.58. The first-order valence-corrected chi connectivity index (χ1v) is 6.89. The molecule has 0 saturated carbocycles. The van der Waals surface area contributed by atoms with Crippen molar-refractivity contribution < 1.29 is 19.0 Å². The molecule has 1 aromatic carbocycles. The van der Waals surface area contributed by atoms with Crippen LogP contribution in [0.25, 0.3) is 0 Å². The molecule has 1 fully saturated rings. The number of nitrogens with two attached hydrogens (primary N) is 1. The van der Waals surface area contributed by atoms with Crippen molar-refractivity contribution in [2.75, 3.05) is 26.4 Å². The highest BCUT2D eigenvalue weighted by Gasteiger charge is 2.44. The van der Waals surface area contributed by atoms with Crippen LogP contribution in [0.1, 0.15) is 23.7 Å². The maximum Gasteiger partial charge on any atom is 0.172 e. The van der Waals surface area contributed by atoms with Gasteiger partial charge in [0, 0.05) is 18.0 Å². The Bertz CT molecular complexity index is 531. The number of carbonyl (C=O) groups is 1. The number of Topliss-reactive ketones (excluding diaryl/α,β-unsaturated/α-hetero) is 1. The van der Waals surface area contributed by atoms with E-state index in [1.165, 1.54) is 0 Å². The highest BCUT2D eigenvalue weighted by molar-refractivity contribution is 6.01. The summed E-state index contributed by atoms with van der Waals surface area (Å²) in [6.45, 7) is 3.88. The van der Waals surface area contributed by atoms with Gasteiger partial charge in [-0.05, 0) is 25.1 Å². The van der Waals surface area contributed by atoms with Crippen LogP contribution in [0.5, 0.6) is 11.5 Å². The number of benzene rings is 1. The molecule has 2 heterocycles. The van der Waals surface area contributed by atoms with E-state index < -0.39 is 5.41 Å². The van der Waals surface area contributed by atoms with Crippen LogP contribution in [0.3, 0.4) is 0 Å². The van der Waals surface area contributed by atoms with Crippen LogP contribution in [0, 0.1) is 5.41 Å². The van der Waals surface area contributed by atoms with Gasteiger partial charge in [-0.25, -0.2) is 0 Å². The zero-order valence-corrected chi connectivity index (χ0v) is 11.6. The van der Waals surface area contributed by atoms with Crippen LogP contribution in [0.2, 0.25) is 0 Å². The van der Waals surface area contributed by atoms with Crippen LogP contribution < -0.4 is 15.2 Å². The van der Waals surface area contributed by atoms with Crippen LogP contribution >= 0.6 is 0 Å². The van der Waals surface area contributed by atoms with Crippen molar-refractivity contribution in [3.05, 3.63) is 23.8 Å². The zero-order chi connectivity index (χ0) is 14.2. The van der Waals surface area contributed by atoms with Gasteiger partial charge in [0.05, 0.1) is 31.8 Å². The minimum atomic E-state index is -0.667. The fraction of sp³-hybridized carbons (Fsp3) is 0.533. The summed E-state index contributed by atoms with van der Waals surface area (Å²) >= 11 is 0. The molecule has 1 saturated heterocycles. The fourth-order valence-corrected chi connectivity index (χ4v) is 2.56. The summed E-state index contributed by atoms with van der Waals surface area (Å²) in [4.78, 5) is 12.7. The van der Waals surface area contributed by atoms with Gasteiger partial charge in [-0.3, -0.25) is 4.79 Å². The molecule has 0 aliphatic carbocycles. The third kappa shape index (κ3) is 2.17. The summed E-state index contributed by atoms with van der Waals surface area (Å²) in [5, 5.41) is 0. The summed E-state index contributed by atoms with van der Waals surface area (Å²) in [6.07, 6.45) is 0.842. The first-order valence-electron chi connectivity index (χ1n) is 6.89. The normalized spacial score (nSPS) is 29.0. The Labute approximate surface area is 118 Å². The van der Waals surface area contributed by atoms with E-state index >= 15 is 0 Å². The molecule has 2 atom stereocenters. The number of ketones is 1. The number of carbonyl (C=O) groups excluding carboxylic acids is 1. The van der Waals surface area contributed by atoms with E-state index in [4.69, 9.17) is 19.9 Å². The summed E-state index contributed by atoms with van der Waals surface area (Å²) in [5.74, 6) is 1.32. The summed E-state index contributed by atoms with van der Waals surface area (Å²) < 4.78 is 16.5. The van der Waals surface area contributed by atoms with Crippen LogP contribution in [0.15, 0.2) is 18.2 Å². The number of ether oxygens (including phenoxy) is 3. The SMILES string of the molecule is CC1(C(=O)c2ccc3c(c2)OCCCO3)COCC1N. The van der Waals surface area contributed by atoms with Crippen molar-refractivity contribution in [1.29, 1.82) is 0 Å². The quantitative estimate of drug-likeness (QED) is 0.827. The standard InChI is InChI=1S/C15H19NO4/c1-15(9-18-8-13(15)16)14(17)10-3-4-11-12(7-10)20-6-2-5-19-11/h3-4,7,13H,2,5-6,8-9,16H2,1H3. The van der Waals surface area contributed by atoms with Crippen molar-refractivity contribution in [2.24, 2.45) is 11.1 Å². The molecule has 2 N–H and O–H groups in total. The van der Waals surface area contributed by atoms with E-state index in [0.29, 0.717) is 43.5 Å². The van der Waals surface area contributed by atoms with Gasteiger partial charge in [0.1, 0.15) is 0 Å². The van der Waals surface area contributed by atoms with Gasteiger partial charge in [-0.2, -0.15) is 0 Å². The highest BCUT2D eigenvalue weighted by Crippen LogP contribution is 2.35. The highest BCUT2D eigenvalue weighted by atomic mass is 16.5. The third-order valence-corrected chi connectivity index (χ3v) is 4.05. The number of rotatable bonds is 2. The molecular weight excluding hydrogens is 258 g/mol. The smallest absolute Gasteiger partial charge is 0.172 e. The lowest BCUT2D eigenvalue weighted by Crippen LogP contribution is -2.44. The Morgan fingerprint density at radius 1 is 1.30 bits per heavy atom. The second-order valence-electron chi connectivity index (χ2n) is 5.58. The molecule has 0 aromatic heterocycles. The summed E-state index contributed by atoms with van der Waals surface area (Å²) in [5.41, 5.74) is 5.94. The summed E-state index contributed by atoms with van der Waals surface area (Å²) in [6, 6.07) is 5.04. The van der Waals surface area contributed by atoms with E-state index in [0.717, 1.165) is 6.42 Å². The fourth-order valence-electron chi connectivity index (χ4n) is 2.56. The molecule has 0 spiro atoms. The van der Waals surface area contributed by atoms with E-state index in [1.807, 2.05) is 6.92 Å². The molecule has 3 rings (SSSR count). The lowest BCUT2D eigenvalue weighted by atomic mass is 9.78. The van der Waals surface area contributed by atoms with Crippen molar-refractivity contribution >= 4 is 5.78 Å². The molecule has 108 valence electrons. The van der Waals surface area contributed by atoms with Gasteiger partial charge in [0.25, 0.3) is 0 Å². The monoisotopic (exact) mass is 277 g/mol. The van der Waals surface area contributed by atoms with Crippen molar-refractivity contribution in [3.8, 4) is 11.5 Å². The van der Waals surface area contributed by atoms with Crippen molar-refractivity contribution in [2.45, 2.75) is 19.4 Å². The average molecular weight is 277 g/mol. The van der Waals surface area contributed by atoms with Gasteiger partial charge >= 0.3 is 0 Å². The maximum atomic E-state index is 12.7. The molecule has 0 radical (unpaired) electrons. The molecule has 0 bridgehead atoms. The average Bonchev–Trinajstić information content (AvgIpc) is 2.67. The van der Waals surface area contributed by atoms with E-state index in [1.54, 1.807) is 18.2 Å². The van der Waals surface area contributed by atoms with Crippen LogP contribution in [-0.2, 0) is 4.74 Å². The largest absolute Gasteiger partial charge is 0.490 e. The third-order valence-electron chi connectivity index (χ3n) is 4.05. The minimum Gasteiger partial charge on any atom is -0.490 e. The van der Waals surface area contributed by atoms with E-state index in [2.05, 4.69) is 0 Å². The first kappa shape index (κ1) is 13.4. The number of hydrogen-bond acceptors (Lipinski definition) is 5. The molecule has 0 amide bonds. The van der Waals surface area contributed by atoms with Crippen molar-refractivity contribution in [3.63, 3.8) is 0 Å². The first-order chi connectivity index (χ1) is 9.61. The summed E-state index contributed by atoms with van der Waals surface area (Å²) in [7, 11) is 0. The predicted molar refractivity (Wildman–Crippen MR) is 73.3 cm³/mol. The molecule has 5 heteroatoms. The molecule has 1 aromatic rings. The van der Waals surface area contributed by atoms with Crippen LogP contribution in [0.4, 0.5) is 0 Å². The number of fused-ring (bicyclic) bond motifs is 1. The Morgan fingerprint density at radius 2 is 2.05 bits per heavy atom. The second kappa shape index (κ2) is 5.07. The zero-order valence-electron chi connectivity index (χ0n) is 11.6. The Balaban J connectivity index is 1.91. The van der Waals surface area contributed by atoms with Gasteiger partial charge in [-0.15, -0.1) is 0 Å². The van der Waals surface area contributed by atoms with Crippen molar-refractivity contribution in [1.82, 2.24) is 0 Å². The Kier molecular flexibility index (Phi) is 3.40. The van der Waals surface area contributed by atoms with Gasteiger partial charge in [-0.1, -0.05) is 0 Å². The Hall–Kier alpha value is -1.59. The van der Waals surface area contributed by atoms with Gasteiger partial charge in [0.15, 0.2) is 17.3 Å². The molecule has 20 heavy (non-hydrogen) atoms. The van der Waals surface area contributed by atoms with Gasteiger partial charge in [0.2, 0.25) is 0 Å². The molecular formula is C15H19NO4. The van der Waals surface area contributed by atoms with E-state index in [-0.39, 0.29) is 11.8 Å². The van der Waals surface area contributed by atoms with E-state index in [9.17, 15) is 4.79 Å². The molecule has 2 aliphatic heterocycles. The molecule has 2 aliphatic rings. The number of hydrogen-bond donors (Lipinski definition) is 1. The molecule has 2 unspecified atom stereocenters. The maximum absolute atomic E-state index is 12.7. The lowest BCUT2D eigenvalue weighted by Gasteiger charge is -2.25. The topological polar surface area (TPSA) is 70.8 Å². The van der Waals surface area contributed by atoms with Crippen LogP contribution in [-0.4, -0.2) is 38.3 Å². The lowest BCUT2D eigenvalue weighted by molar-refractivity contribution is 0.0767. The predicted octanol–water partition coefficient (Wildman–Crippen LogP) is 1.39. The minimum absolute atomic E-state index is 0.00172.